The van der Waals surface area contributed by atoms with Gasteiger partial charge in [-0.3, -0.25) is 9.48 Å². The van der Waals surface area contributed by atoms with E-state index in [0.29, 0.717) is 32.0 Å². The average molecular weight is 292 g/mol. The zero-order valence-electron chi connectivity index (χ0n) is 12.6. The Labute approximate surface area is 125 Å². The van der Waals surface area contributed by atoms with Crippen molar-refractivity contribution in [1.29, 1.82) is 0 Å². The summed E-state index contributed by atoms with van der Waals surface area (Å²) in [5, 5.41) is 4.17. The maximum absolute atomic E-state index is 12.5. The molecule has 3 atom stereocenters. The van der Waals surface area contributed by atoms with Crippen LogP contribution in [-0.2, 0) is 16.6 Å². The van der Waals surface area contributed by atoms with Crippen LogP contribution >= 0.6 is 0 Å². The Hall–Kier alpha value is -1.40. The SMILES string of the molecule is Cn1cc(C2CN(C(=O)C[C@@H]3CCC[C@H]3N)CCO2)cn1. The van der Waals surface area contributed by atoms with Crippen molar-refractivity contribution < 1.29 is 9.53 Å². The highest BCUT2D eigenvalue weighted by atomic mass is 16.5. The van der Waals surface area contributed by atoms with Crippen molar-refractivity contribution in [2.24, 2.45) is 18.7 Å². The third kappa shape index (κ3) is 3.27. The van der Waals surface area contributed by atoms with Gasteiger partial charge in [-0.1, -0.05) is 6.42 Å². The van der Waals surface area contributed by atoms with E-state index in [1.165, 1.54) is 0 Å². The van der Waals surface area contributed by atoms with Crippen LogP contribution in [0, 0.1) is 5.92 Å². The van der Waals surface area contributed by atoms with E-state index in [1.807, 2.05) is 24.3 Å². The molecular weight excluding hydrogens is 268 g/mol. The zero-order chi connectivity index (χ0) is 14.8. The number of hydrogen-bond acceptors (Lipinski definition) is 4. The first-order valence-corrected chi connectivity index (χ1v) is 7.77. The van der Waals surface area contributed by atoms with Crippen LogP contribution in [0.3, 0.4) is 0 Å². The largest absolute Gasteiger partial charge is 0.370 e. The van der Waals surface area contributed by atoms with E-state index in [9.17, 15) is 4.79 Å². The number of nitrogens with zero attached hydrogens (tertiary/aromatic N) is 3. The number of rotatable bonds is 3. The number of amides is 1. The molecule has 1 aromatic rings. The van der Waals surface area contributed by atoms with Crippen LogP contribution in [-0.4, -0.2) is 46.3 Å². The molecule has 2 heterocycles. The van der Waals surface area contributed by atoms with Crippen LogP contribution in [0.15, 0.2) is 12.4 Å². The molecule has 6 nitrogen and oxygen atoms in total. The minimum absolute atomic E-state index is 0.0614. The van der Waals surface area contributed by atoms with E-state index in [-0.39, 0.29) is 18.1 Å². The van der Waals surface area contributed by atoms with Crippen LogP contribution < -0.4 is 5.73 Å². The molecule has 2 aliphatic rings. The summed E-state index contributed by atoms with van der Waals surface area (Å²) in [4.78, 5) is 14.4. The minimum atomic E-state index is -0.0614. The molecule has 2 N–H and O–H groups in total. The molecule has 1 saturated carbocycles. The fourth-order valence-electron chi connectivity index (χ4n) is 3.36. The van der Waals surface area contributed by atoms with Crippen LogP contribution in [0.5, 0.6) is 0 Å². The first-order chi connectivity index (χ1) is 10.1. The highest BCUT2D eigenvalue weighted by Crippen LogP contribution is 2.28. The van der Waals surface area contributed by atoms with Crippen molar-refractivity contribution in [3.8, 4) is 0 Å². The predicted octanol–water partition coefficient (Wildman–Crippen LogP) is 0.838. The summed E-state index contributed by atoms with van der Waals surface area (Å²) in [5.74, 6) is 0.576. The summed E-state index contributed by atoms with van der Waals surface area (Å²) in [6, 6.07) is 0.198. The molecule has 0 radical (unpaired) electrons. The first-order valence-electron chi connectivity index (χ1n) is 7.77. The van der Waals surface area contributed by atoms with Gasteiger partial charge in [0.2, 0.25) is 5.91 Å². The number of carbonyl (C=O) groups excluding carboxylic acids is 1. The molecule has 1 aliphatic carbocycles. The number of aromatic nitrogens is 2. The molecule has 1 saturated heterocycles. The number of aryl methyl sites for hydroxylation is 1. The second-order valence-corrected chi connectivity index (χ2v) is 6.21. The third-order valence-electron chi connectivity index (χ3n) is 4.67. The minimum Gasteiger partial charge on any atom is -0.370 e. The number of carbonyl (C=O) groups is 1. The lowest BCUT2D eigenvalue weighted by molar-refractivity contribution is -0.140. The van der Waals surface area contributed by atoms with E-state index in [4.69, 9.17) is 10.5 Å². The van der Waals surface area contributed by atoms with Crippen LogP contribution in [0.2, 0.25) is 0 Å². The van der Waals surface area contributed by atoms with Gasteiger partial charge in [-0.05, 0) is 18.8 Å². The molecule has 1 aliphatic heterocycles. The quantitative estimate of drug-likeness (QED) is 0.896. The highest BCUT2D eigenvalue weighted by molar-refractivity contribution is 5.76. The molecule has 3 rings (SSSR count). The number of hydrogen-bond donors (Lipinski definition) is 1. The molecule has 0 bridgehead atoms. The summed E-state index contributed by atoms with van der Waals surface area (Å²) < 4.78 is 7.54. The molecular formula is C15H24N4O2. The van der Waals surface area contributed by atoms with Gasteiger partial charge in [0.25, 0.3) is 0 Å². The van der Waals surface area contributed by atoms with Gasteiger partial charge in [-0.15, -0.1) is 0 Å². The Morgan fingerprint density at radius 3 is 3.05 bits per heavy atom. The van der Waals surface area contributed by atoms with Gasteiger partial charge in [-0.25, -0.2) is 0 Å². The van der Waals surface area contributed by atoms with Crippen molar-refractivity contribution in [1.82, 2.24) is 14.7 Å². The Bertz CT molecular complexity index is 502. The fraction of sp³-hybridized carbons (Fsp3) is 0.733. The second kappa shape index (κ2) is 6.15. The van der Waals surface area contributed by atoms with Crippen molar-refractivity contribution in [2.75, 3.05) is 19.7 Å². The van der Waals surface area contributed by atoms with Gasteiger partial charge in [0, 0.05) is 37.8 Å². The Morgan fingerprint density at radius 2 is 2.38 bits per heavy atom. The van der Waals surface area contributed by atoms with Gasteiger partial charge < -0.3 is 15.4 Å². The highest BCUT2D eigenvalue weighted by Gasteiger charge is 2.31. The van der Waals surface area contributed by atoms with Crippen LogP contribution in [0.1, 0.15) is 37.4 Å². The Morgan fingerprint density at radius 1 is 1.52 bits per heavy atom. The van der Waals surface area contributed by atoms with Crippen molar-refractivity contribution >= 4 is 5.91 Å². The molecule has 0 aromatic carbocycles. The summed E-state index contributed by atoms with van der Waals surface area (Å²) in [6.07, 6.45) is 7.58. The lowest BCUT2D eigenvalue weighted by Gasteiger charge is -2.33. The third-order valence-corrected chi connectivity index (χ3v) is 4.67. The lowest BCUT2D eigenvalue weighted by Crippen LogP contribution is -2.43. The van der Waals surface area contributed by atoms with Gasteiger partial charge in [0.15, 0.2) is 0 Å². The Balaban J connectivity index is 1.59. The standard InChI is InChI=1S/C15H24N4O2/c1-18-9-12(8-17-18)14-10-19(5-6-21-14)15(20)7-11-3-2-4-13(11)16/h8-9,11,13-14H,2-7,10,16H2,1H3/t11-,13+,14?/m0/s1. The number of ether oxygens (including phenoxy) is 1. The fourth-order valence-corrected chi connectivity index (χ4v) is 3.36. The number of nitrogens with two attached hydrogens (primary N) is 1. The van der Waals surface area contributed by atoms with Crippen molar-refractivity contribution in [2.45, 2.75) is 37.8 Å². The summed E-state index contributed by atoms with van der Waals surface area (Å²) in [7, 11) is 1.89. The smallest absolute Gasteiger partial charge is 0.223 e. The van der Waals surface area contributed by atoms with E-state index >= 15 is 0 Å². The molecule has 1 unspecified atom stereocenters. The van der Waals surface area contributed by atoms with Crippen molar-refractivity contribution in [3.05, 3.63) is 18.0 Å². The summed E-state index contributed by atoms with van der Waals surface area (Å²) in [6.45, 7) is 1.88. The summed E-state index contributed by atoms with van der Waals surface area (Å²) >= 11 is 0. The van der Waals surface area contributed by atoms with Gasteiger partial charge >= 0.3 is 0 Å². The molecule has 1 aromatic heterocycles. The molecule has 116 valence electrons. The molecule has 1 amide bonds. The average Bonchev–Trinajstić information content (AvgIpc) is 3.08. The zero-order valence-corrected chi connectivity index (χ0v) is 12.6. The van der Waals surface area contributed by atoms with Crippen LogP contribution in [0.4, 0.5) is 0 Å². The van der Waals surface area contributed by atoms with E-state index in [1.54, 1.807) is 4.68 Å². The van der Waals surface area contributed by atoms with Gasteiger partial charge in [-0.2, -0.15) is 5.10 Å². The predicted molar refractivity (Wildman–Crippen MR) is 78.4 cm³/mol. The molecule has 21 heavy (non-hydrogen) atoms. The topological polar surface area (TPSA) is 73.4 Å². The first kappa shape index (κ1) is 14.5. The normalized spacial score (nSPS) is 29.8. The van der Waals surface area contributed by atoms with Gasteiger partial charge in [0.1, 0.15) is 6.10 Å². The monoisotopic (exact) mass is 292 g/mol. The maximum atomic E-state index is 12.5. The lowest BCUT2D eigenvalue weighted by atomic mass is 9.99. The molecule has 6 heteroatoms. The molecule has 0 spiro atoms. The maximum Gasteiger partial charge on any atom is 0.223 e. The summed E-state index contributed by atoms with van der Waals surface area (Å²) in [5.41, 5.74) is 7.11. The van der Waals surface area contributed by atoms with E-state index < -0.39 is 0 Å². The second-order valence-electron chi connectivity index (χ2n) is 6.21. The number of morpholine rings is 1. The van der Waals surface area contributed by atoms with E-state index in [2.05, 4.69) is 5.10 Å². The van der Waals surface area contributed by atoms with Crippen molar-refractivity contribution in [3.63, 3.8) is 0 Å². The van der Waals surface area contributed by atoms with Crippen LogP contribution in [0.25, 0.3) is 0 Å². The van der Waals surface area contributed by atoms with E-state index in [0.717, 1.165) is 24.8 Å². The van der Waals surface area contributed by atoms with Gasteiger partial charge in [0.05, 0.1) is 19.3 Å². The molecule has 2 fully saturated rings. The Kier molecular flexibility index (Phi) is 4.26.